The van der Waals surface area contributed by atoms with Gasteiger partial charge in [0.25, 0.3) is 0 Å². The van der Waals surface area contributed by atoms with Gasteiger partial charge in [0.05, 0.1) is 17.7 Å². The molecule has 1 heterocycles. The molecule has 3 nitrogen and oxygen atoms in total. The number of ether oxygens (including phenoxy) is 2. The number of benzene rings is 2. The first kappa shape index (κ1) is 17.7. The minimum atomic E-state index is -0.150. The van der Waals surface area contributed by atoms with Gasteiger partial charge >= 0.3 is 0 Å². The van der Waals surface area contributed by atoms with Crippen molar-refractivity contribution in [1.82, 2.24) is 0 Å². The first-order valence-electron chi connectivity index (χ1n) is 9.04. The van der Waals surface area contributed by atoms with Crippen molar-refractivity contribution >= 4 is 0 Å². The van der Waals surface area contributed by atoms with E-state index < -0.39 is 0 Å². The smallest absolute Gasteiger partial charge is 0.164 e. The van der Waals surface area contributed by atoms with E-state index in [1.807, 2.05) is 24.3 Å². The Morgan fingerprint density at radius 2 is 1.72 bits per heavy atom. The number of nitriles is 1. The van der Waals surface area contributed by atoms with Crippen LogP contribution >= 0.6 is 0 Å². The molecule has 2 aromatic carbocycles. The van der Waals surface area contributed by atoms with Gasteiger partial charge in [-0.1, -0.05) is 56.2 Å². The van der Waals surface area contributed by atoms with Crippen LogP contribution in [-0.4, -0.2) is 19.5 Å². The van der Waals surface area contributed by atoms with Crippen LogP contribution < -0.4 is 0 Å². The molecule has 0 spiro atoms. The average Bonchev–Trinajstić information content (AvgIpc) is 3.10. The standard InChI is InChI=1S/C22H25NO2/c1-3-4-5-20-14-21(22(24-2)25-20)19-12-10-18(11-13-19)17-8-6-16(15-23)7-9-17/h6-13,20-22H,3-5,14H2,1-2H3. The van der Waals surface area contributed by atoms with Gasteiger partial charge < -0.3 is 9.47 Å². The number of hydrogen-bond acceptors (Lipinski definition) is 3. The lowest BCUT2D eigenvalue weighted by molar-refractivity contribution is -0.122. The predicted octanol–water partition coefficient (Wildman–Crippen LogP) is 5.26. The third-order valence-electron chi connectivity index (χ3n) is 4.97. The molecule has 3 atom stereocenters. The second-order valence-corrected chi connectivity index (χ2v) is 6.66. The molecule has 0 saturated carbocycles. The summed E-state index contributed by atoms with van der Waals surface area (Å²) in [6, 6.07) is 18.5. The molecule has 2 aromatic rings. The zero-order valence-corrected chi connectivity index (χ0v) is 14.9. The third kappa shape index (κ3) is 4.10. The molecule has 0 radical (unpaired) electrons. The van der Waals surface area contributed by atoms with Gasteiger partial charge in [0.15, 0.2) is 6.29 Å². The van der Waals surface area contributed by atoms with E-state index in [-0.39, 0.29) is 6.29 Å². The highest BCUT2D eigenvalue weighted by atomic mass is 16.7. The molecule has 0 N–H and O–H groups in total. The first-order valence-corrected chi connectivity index (χ1v) is 9.04. The maximum Gasteiger partial charge on any atom is 0.164 e. The van der Waals surface area contributed by atoms with Gasteiger partial charge in [0.1, 0.15) is 0 Å². The highest BCUT2D eigenvalue weighted by molar-refractivity contribution is 5.64. The van der Waals surface area contributed by atoms with E-state index in [1.54, 1.807) is 7.11 Å². The zero-order chi connectivity index (χ0) is 17.6. The van der Waals surface area contributed by atoms with Crippen molar-refractivity contribution < 1.29 is 9.47 Å². The fourth-order valence-electron chi connectivity index (χ4n) is 3.53. The Bertz CT molecular complexity index is 715. The van der Waals surface area contributed by atoms with Crippen LogP contribution in [-0.2, 0) is 9.47 Å². The van der Waals surface area contributed by atoms with Gasteiger partial charge in [-0.2, -0.15) is 5.26 Å². The van der Waals surface area contributed by atoms with Crippen LogP contribution in [0.3, 0.4) is 0 Å². The Balaban J connectivity index is 1.73. The lowest BCUT2D eigenvalue weighted by Gasteiger charge is -2.17. The Labute approximate surface area is 150 Å². The van der Waals surface area contributed by atoms with E-state index in [1.165, 1.54) is 18.4 Å². The average molecular weight is 335 g/mol. The number of unbranched alkanes of at least 4 members (excludes halogenated alkanes) is 1. The van der Waals surface area contributed by atoms with Gasteiger partial charge in [-0.25, -0.2) is 0 Å². The van der Waals surface area contributed by atoms with Crippen molar-refractivity contribution in [3.05, 3.63) is 59.7 Å². The van der Waals surface area contributed by atoms with Gasteiger partial charge in [-0.05, 0) is 41.7 Å². The number of hydrogen-bond donors (Lipinski definition) is 0. The largest absolute Gasteiger partial charge is 0.355 e. The monoisotopic (exact) mass is 335 g/mol. The molecule has 1 aliphatic rings. The molecule has 0 bridgehead atoms. The highest BCUT2D eigenvalue weighted by Crippen LogP contribution is 2.38. The highest BCUT2D eigenvalue weighted by Gasteiger charge is 2.35. The summed E-state index contributed by atoms with van der Waals surface area (Å²) in [4.78, 5) is 0. The predicted molar refractivity (Wildman–Crippen MR) is 99.1 cm³/mol. The molecule has 130 valence electrons. The van der Waals surface area contributed by atoms with Crippen LogP contribution in [0.25, 0.3) is 11.1 Å². The van der Waals surface area contributed by atoms with Crippen LogP contribution in [0.2, 0.25) is 0 Å². The molecular formula is C22H25NO2. The quantitative estimate of drug-likeness (QED) is 0.723. The van der Waals surface area contributed by atoms with Crippen molar-refractivity contribution in [3.8, 4) is 17.2 Å². The first-order chi connectivity index (χ1) is 12.2. The summed E-state index contributed by atoms with van der Waals surface area (Å²) in [6.45, 7) is 2.21. The summed E-state index contributed by atoms with van der Waals surface area (Å²) in [5, 5.41) is 8.91. The molecule has 25 heavy (non-hydrogen) atoms. The van der Waals surface area contributed by atoms with E-state index in [0.29, 0.717) is 17.6 Å². The van der Waals surface area contributed by atoms with Crippen molar-refractivity contribution in [1.29, 1.82) is 5.26 Å². The molecule has 3 heteroatoms. The summed E-state index contributed by atoms with van der Waals surface area (Å²) >= 11 is 0. The summed E-state index contributed by atoms with van der Waals surface area (Å²) < 4.78 is 11.6. The number of rotatable bonds is 6. The Hall–Kier alpha value is -2.15. The van der Waals surface area contributed by atoms with Gasteiger partial charge in [-0.3, -0.25) is 0 Å². The molecule has 0 amide bonds. The maximum atomic E-state index is 8.91. The van der Waals surface area contributed by atoms with Crippen molar-refractivity contribution in [2.75, 3.05) is 7.11 Å². The third-order valence-corrected chi connectivity index (χ3v) is 4.97. The Morgan fingerprint density at radius 1 is 1.08 bits per heavy atom. The van der Waals surface area contributed by atoms with E-state index in [0.717, 1.165) is 24.0 Å². The SMILES string of the molecule is CCCCC1CC(c2ccc(-c3ccc(C#N)cc3)cc2)C(OC)O1. The molecular weight excluding hydrogens is 310 g/mol. The molecule has 3 rings (SSSR count). The molecule has 1 saturated heterocycles. The number of methoxy groups -OCH3 is 1. The normalized spacial score (nSPS) is 22.7. The van der Waals surface area contributed by atoms with Crippen molar-refractivity contribution in [3.63, 3.8) is 0 Å². The van der Waals surface area contributed by atoms with Crippen LogP contribution in [0.4, 0.5) is 0 Å². The second kappa shape index (κ2) is 8.29. The lowest BCUT2D eigenvalue weighted by atomic mass is 9.92. The molecule has 1 aliphatic heterocycles. The van der Waals surface area contributed by atoms with Crippen LogP contribution in [0.1, 0.15) is 49.7 Å². The number of nitrogens with zero attached hydrogens (tertiary/aromatic N) is 1. The minimum Gasteiger partial charge on any atom is -0.355 e. The minimum absolute atomic E-state index is 0.150. The molecule has 3 unspecified atom stereocenters. The molecule has 0 aliphatic carbocycles. The van der Waals surface area contributed by atoms with Gasteiger partial charge in [-0.15, -0.1) is 0 Å². The summed E-state index contributed by atoms with van der Waals surface area (Å²) in [5.41, 5.74) is 4.23. The van der Waals surface area contributed by atoms with E-state index in [9.17, 15) is 0 Å². The van der Waals surface area contributed by atoms with Crippen LogP contribution in [0, 0.1) is 11.3 Å². The van der Waals surface area contributed by atoms with Crippen LogP contribution in [0.15, 0.2) is 48.5 Å². The fourth-order valence-corrected chi connectivity index (χ4v) is 3.53. The molecule has 0 aromatic heterocycles. The second-order valence-electron chi connectivity index (χ2n) is 6.66. The van der Waals surface area contributed by atoms with E-state index in [2.05, 4.69) is 37.3 Å². The summed E-state index contributed by atoms with van der Waals surface area (Å²) in [5.74, 6) is 0.293. The van der Waals surface area contributed by atoms with Gasteiger partial charge in [0.2, 0.25) is 0 Å². The van der Waals surface area contributed by atoms with E-state index in [4.69, 9.17) is 14.7 Å². The van der Waals surface area contributed by atoms with Crippen molar-refractivity contribution in [2.45, 2.75) is 50.9 Å². The topological polar surface area (TPSA) is 42.2 Å². The maximum absolute atomic E-state index is 8.91. The fraction of sp³-hybridized carbons (Fsp3) is 0.409. The summed E-state index contributed by atoms with van der Waals surface area (Å²) in [7, 11) is 1.73. The zero-order valence-electron chi connectivity index (χ0n) is 14.9. The Kier molecular flexibility index (Phi) is 5.86. The van der Waals surface area contributed by atoms with Crippen molar-refractivity contribution in [2.24, 2.45) is 0 Å². The van der Waals surface area contributed by atoms with Crippen LogP contribution in [0.5, 0.6) is 0 Å². The Morgan fingerprint density at radius 3 is 2.28 bits per heavy atom. The van der Waals surface area contributed by atoms with Gasteiger partial charge in [0, 0.05) is 13.0 Å². The lowest BCUT2D eigenvalue weighted by Crippen LogP contribution is -2.17. The van der Waals surface area contributed by atoms with E-state index >= 15 is 0 Å². The summed E-state index contributed by atoms with van der Waals surface area (Å²) in [6.07, 6.45) is 4.67. The molecule has 1 fully saturated rings.